The van der Waals surface area contributed by atoms with E-state index in [0.29, 0.717) is 11.3 Å². The van der Waals surface area contributed by atoms with E-state index in [-0.39, 0.29) is 11.7 Å². The molecule has 7 heteroatoms. The molecule has 1 aliphatic heterocycles. The quantitative estimate of drug-likeness (QED) is 0.644. The number of rotatable bonds is 5. The van der Waals surface area contributed by atoms with E-state index in [1.54, 1.807) is 24.3 Å². The van der Waals surface area contributed by atoms with Crippen LogP contribution in [0.15, 0.2) is 64.6 Å². The van der Waals surface area contributed by atoms with Crippen molar-refractivity contribution >= 4 is 40.1 Å². The van der Waals surface area contributed by atoms with Crippen molar-refractivity contribution in [3.63, 3.8) is 0 Å². The van der Waals surface area contributed by atoms with Crippen LogP contribution in [-0.4, -0.2) is 41.2 Å². The predicted molar refractivity (Wildman–Crippen MR) is 130 cm³/mol. The molecule has 32 heavy (non-hydrogen) atoms. The molecule has 0 atom stereocenters. The number of carbonyl (C=O) groups excluding carboxylic acids is 2. The molecule has 2 aromatic carbocycles. The molecule has 6 nitrogen and oxygen atoms in total. The Bertz CT molecular complexity index is 1040. The van der Waals surface area contributed by atoms with E-state index in [9.17, 15) is 9.59 Å². The van der Waals surface area contributed by atoms with E-state index >= 15 is 0 Å². The number of aliphatic imine (C=N–C) groups is 2. The Morgan fingerprint density at radius 2 is 1.66 bits per heavy atom. The maximum absolute atomic E-state index is 12.7. The molecule has 2 aromatic rings. The number of hydrogen-bond acceptors (Lipinski definition) is 6. The molecule has 1 aliphatic carbocycles. The van der Waals surface area contributed by atoms with Gasteiger partial charge in [-0.25, -0.2) is 9.79 Å². The van der Waals surface area contributed by atoms with Gasteiger partial charge in [0.25, 0.3) is 0 Å². The van der Waals surface area contributed by atoms with Gasteiger partial charge in [-0.3, -0.25) is 9.79 Å². The average Bonchev–Trinajstić information content (AvgIpc) is 3.02. The molecule has 1 heterocycles. The van der Waals surface area contributed by atoms with Gasteiger partial charge in [0.1, 0.15) is 5.04 Å². The molecular weight excluding hydrogens is 422 g/mol. The topological polar surface area (TPSA) is 80.1 Å². The first-order valence-electron chi connectivity index (χ1n) is 11.0. The van der Waals surface area contributed by atoms with Gasteiger partial charge >= 0.3 is 5.97 Å². The standard InChI is InChI=1S/C25H27N3O3S/c1-31-24(30)19-13-7-8-14-20(19)26-21(29)17-32-23-22(18-11-5-4-6-12-18)27-25(28-23)15-9-2-3-10-16-25/h4-8,11-14H,2-3,9-10,15-17H2,1H3,(H,26,29). The molecule has 0 aromatic heterocycles. The molecule has 166 valence electrons. The summed E-state index contributed by atoms with van der Waals surface area (Å²) in [7, 11) is 1.32. The van der Waals surface area contributed by atoms with E-state index in [1.807, 2.05) is 30.3 Å². The smallest absolute Gasteiger partial charge is 0.339 e. The molecule has 0 bridgehead atoms. The van der Waals surface area contributed by atoms with Crippen LogP contribution in [0.3, 0.4) is 0 Å². The molecule has 1 saturated carbocycles. The maximum atomic E-state index is 12.7. The number of ether oxygens (including phenoxy) is 1. The lowest BCUT2D eigenvalue weighted by molar-refractivity contribution is -0.113. The normalized spacial score (nSPS) is 17.3. The first-order valence-corrected chi connectivity index (χ1v) is 11.9. The summed E-state index contributed by atoms with van der Waals surface area (Å²) in [6, 6.07) is 16.9. The highest BCUT2D eigenvalue weighted by Crippen LogP contribution is 2.37. The molecule has 1 amide bonds. The third-order valence-corrected chi connectivity index (χ3v) is 6.69. The van der Waals surface area contributed by atoms with E-state index < -0.39 is 11.6 Å². The number of esters is 1. The molecular formula is C25H27N3O3S. The summed E-state index contributed by atoms with van der Waals surface area (Å²) < 4.78 is 4.81. The SMILES string of the molecule is COC(=O)c1ccccc1NC(=O)CSC1=NC2(CCCCCC2)N=C1c1ccccc1. The first kappa shape index (κ1) is 22.3. The van der Waals surface area contributed by atoms with Crippen LogP contribution >= 0.6 is 11.8 Å². The third-order valence-electron chi connectivity index (χ3n) is 5.73. The zero-order valence-electron chi connectivity index (χ0n) is 18.2. The highest BCUT2D eigenvalue weighted by molar-refractivity contribution is 8.16. The minimum atomic E-state index is -0.484. The van der Waals surface area contributed by atoms with Crippen molar-refractivity contribution in [2.45, 2.75) is 44.2 Å². The van der Waals surface area contributed by atoms with Crippen molar-refractivity contribution in [3.8, 4) is 0 Å². The number of benzene rings is 2. The fourth-order valence-corrected chi connectivity index (χ4v) is 5.00. The Kier molecular flexibility index (Phi) is 7.05. The van der Waals surface area contributed by atoms with Gasteiger partial charge in [0.05, 0.1) is 29.8 Å². The van der Waals surface area contributed by atoms with Gasteiger partial charge in [0.2, 0.25) is 5.91 Å². The van der Waals surface area contributed by atoms with Gasteiger partial charge in [-0.05, 0) is 37.8 Å². The summed E-state index contributed by atoms with van der Waals surface area (Å²) >= 11 is 1.40. The predicted octanol–water partition coefficient (Wildman–Crippen LogP) is 5.10. The second-order valence-electron chi connectivity index (χ2n) is 8.01. The van der Waals surface area contributed by atoms with E-state index in [4.69, 9.17) is 14.7 Å². The molecule has 1 spiro atoms. The van der Waals surface area contributed by atoms with Crippen LogP contribution in [0.4, 0.5) is 5.69 Å². The van der Waals surface area contributed by atoms with Gasteiger partial charge in [-0.15, -0.1) is 0 Å². The minimum absolute atomic E-state index is 0.177. The van der Waals surface area contributed by atoms with Gasteiger partial charge in [0.15, 0.2) is 5.66 Å². The number of thioether (sulfide) groups is 1. The highest BCUT2D eigenvalue weighted by Gasteiger charge is 2.37. The highest BCUT2D eigenvalue weighted by atomic mass is 32.2. The number of carbonyl (C=O) groups is 2. The summed E-state index contributed by atoms with van der Waals surface area (Å²) in [4.78, 5) is 34.8. The number of nitrogens with zero attached hydrogens (tertiary/aromatic N) is 2. The van der Waals surface area contributed by atoms with Crippen molar-refractivity contribution in [2.24, 2.45) is 9.98 Å². The summed E-state index contributed by atoms with van der Waals surface area (Å²) in [5, 5.41) is 3.64. The minimum Gasteiger partial charge on any atom is -0.465 e. The zero-order valence-corrected chi connectivity index (χ0v) is 19.0. The summed E-state index contributed by atoms with van der Waals surface area (Å²) in [5.74, 6) is -0.512. The number of amides is 1. The largest absolute Gasteiger partial charge is 0.465 e. The van der Waals surface area contributed by atoms with Crippen LogP contribution in [0.2, 0.25) is 0 Å². The van der Waals surface area contributed by atoms with Crippen molar-refractivity contribution in [2.75, 3.05) is 18.2 Å². The number of methoxy groups -OCH3 is 1. The molecule has 1 N–H and O–H groups in total. The lowest BCUT2D eigenvalue weighted by Gasteiger charge is -2.20. The van der Waals surface area contributed by atoms with E-state index in [1.165, 1.54) is 31.7 Å². The number of anilines is 1. The van der Waals surface area contributed by atoms with Gasteiger partial charge < -0.3 is 10.1 Å². The zero-order chi connectivity index (χ0) is 22.4. The van der Waals surface area contributed by atoms with Crippen LogP contribution in [0.1, 0.15) is 54.4 Å². The summed E-state index contributed by atoms with van der Waals surface area (Å²) in [6.45, 7) is 0. The van der Waals surface area contributed by atoms with Gasteiger partial charge in [-0.2, -0.15) is 0 Å². The first-order chi connectivity index (χ1) is 15.6. The third kappa shape index (κ3) is 5.10. The van der Waals surface area contributed by atoms with Crippen LogP contribution in [0.25, 0.3) is 0 Å². The average molecular weight is 450 g/mol. The van der Waals surface area contributed by atoms with E-state index in [0.717, 1.165) is 42.0 Å². The Morgan fingerprint density at radius 3 is 2.38 bits per heavy atom. The molecule has 0 radical (unpaired) electrons. The van der Waals surface area contributed by atoms with Crippen molar-refractivity contribution < 1.29 is 14.3 Å². The Balaban J connectivity index is 1.50. The number of hydrogen-bond donors (Lipinski definition) is 1. The Labute approximate surface area is 192 Å². The Morgan fingerprint density at radius 1 is 0.969 bits per heavy atom. The van der Waals surface area contributed by atoms with Gasteiger partial charge in [0, 0.05) is 5.56 Å². The van der Waals surface area contributed by atoms with Crippen LogP contribution in [0, 0.1) is 0 Å². The summed E-state index contributed by atoms with van der Waals surface area (Å²) in [5.41, 5.74) is 2.28. The van der Waals surface area contributed by atoms with Gasteiger partial charge in [-0.1, -0.05) is 67.1 Å². The monoisotopic (exact) mass is 449 g/mol. The summed E-state index contributed by atoms with van der Waals surface area (Å²) in [6.07, 6.45) is 6.59. The van der Waals surface area contributed by atoms with Crippen molar-refractivity contribution in [3.05, 3.63) is 65.7 Å². The fourth-order valence-electron chi connectivity index (χ4n) is 4.13. The van der Waals surface area contributed by atoms with Crippen LogP contribution in [0.5, 0.6) is 0 Å². The molecule has 0 unspecified atom stereocenters. The second kappa shape index (κ2) is 10.1. The number of para-hydroxylation sites is 1. The maximum Gasteiger partial charge on any atom is 0.339 e. The second-order valence-corrected chi connectivity index (χ2v) is 8.98. The Hall–Kier alpha value is -2.93. The molecule has 0 saturated heterocycles. The number of nitrogens with one attached hydrogen (secondary N) is 1. The van der Waals surface area contributed by atoms with Crippen molar-refractivity contribution in [1.29, 1.82) is 0 Å². The lowest BCUT2D eigenvalue weighted by atomic mass is 10.0. The lowest BCUT2D eigenvalue weighted by Crippen LogP contribution is -2.20. The molecule has 1 fully saturated rings. The molecule has 4 rings (SSSR count). The van der Waals surface area contributed by atoms with E-state index in [2.05, 4.69) is 5.32 Å². The van der Waals surface area contributed by atoms with Crippen LogP contribution in [-0.2, 0) is 9.53 Å². The van der Waals surface area contributed by atoms with Crippen molar-refractivity contribution in [1.82, 2.24) is 0 Å². The fraction of sp³-hybridized carbons (Fsp3) is 0.360. The molecule has 2 aliphatic rings. The van der Waals surface area contributed by atoms with Crippen LogP contribution < -0.4 is 5.32 Å².